The summed E-state index contributed by atoms with van der Waals surface area (Å²) in [6.07, 6.45) is 0. The lowest BCUT2D eigenvalue weighted by Crippen LogP contribution is -2.34. The van der Waals surface area contributed by atoms with E-state index in [0.29, 0.717) is 40.6 Å². The van der Waals surface area contributed by atoms with Crippen molar-refractivity contribution in [3.05, 3.63) is 64.4 Å². The molecule has 2 aromatic carbocycles. The molecule has 2 aromatic rings. The molecule has 0 bridgehead atoms. The Hall–Kier alpha value is -2.40. The van der Waals surface area contributed by atoms with E-state index < -0.39 is 5.82 Å². The molecule has 0 aromatic heterocycles. The zero-order valence-corrected chi connectivity index (χ0v) is 14.6. The highest BCUT2D eigenvalue weighted by Gasteiger charge is 2.26. The second-order valence-corrected chi connectivity index (χ2v) is 5.94. The van der Waals surface area contributed by atoms with Crippen molar-refractivity contribution in [2.24, 2.45) is 9.98 Å². The first-order chi connectivity index (χ1) is 12.1. The van der Waals surface area contributed by atoms with Crippen LogP contribution < -0.4 is 4.90 Å². The fourth-order valence-corrected chi connectivity index (χ4v) is 2.97. The number of rotatable bonds is 4. The lowest BCUT2D eigenvalue weighted by molar-refractivity contribution is -0.117. The van der Waals surface area contributed by atoms with E-state index >= 15 is 0 Å². The molecular weight excluding hydrogens is 361 g/mol. The van der Waals surface area contributed by atoms with Crippen LogP contribution >= 0.6 is 23.8 Å². The van der Waals surface area contributed by atoms with Crippen LogP contribution in [0.25, 0.3) is 0 Å². The van der Waals surface area contributed by atoms with Gasteiger partial charge in [0.05, 0.1) is 23.1 Å². The van der Waals surface area contributed by atoms with Crippen LogP contribution in [0, 0.1) is 5.82 Å². The molecule has 7 heteroatoms. The van der Waals surface area contributed by atoms with Gasteiger partial charge in [-0.3, -0.25) is 9.79 Å². The molecule has 0 atom stereocenters. The van der Waals surface area contributed by atoms with Crippen LogP contribution in [-0.4, -0.2) is 36.4 Å². The summed E-state index contributed by atoms with van der Waals surface area (Å²) in [6.45, 7) is 0.570. The maximum atomic E-state index is 14.3. The standard InChI is InChI=1S/C18H13ClFN3OS/c19-12-5-6-16-14(9-12)18(13-3-1-2-4-15(13)20)22-10-17(24)23(16)8-7-21-11-25/h1-6,9H,7-8,10H2. The third kappa shape index (κ3) is 3.66. The van der Waals surface area contributed by atoms with Gasteiger partial charge in [-0.2, -0.15) is 0 Å². The summed E-state index contributed by atoms with van der Waals surface area (Å²) in [4.78, 5) is 22.3. The van der Waals surface area contributed by atoms with Gasteiger partial charge in [-0.05, 0) is 42.5 Å². The number of fused-ring (bicyclic) bond motifs is 1. The van der Waals surface area contributed by atoms with E-state index in [1.165, 1.54) is 6.07 Å². The molecule has 0 saturated heterocycles. The normalized spacial score (nSPS) is 13.6. The van der Waals surface area contributed by atoms with Crippen molar-refractivity contribution in [3.8, 4) is 0 Å². The van der Waals surface area contributed by atoms with Crippen LogP contribution in [0.15, 0.2) is 52.4 Å². The minimum absolute atomic E-state index is 0.0860. The fraction of sp³-hybridized carbons (Fsp3) is 0.167. The Labute approximate surface area is 154 Å². The molecule has 0 spiro atoms. The Morgan fingerprint density at radius 2 is 2.08 bits per heavy atom. The number of aliphatic imine (C=N–C) groups is 2. The number of hydrogen-bond donors (Lipinski definition) is 0. The van der Waals surface area contributed by atoms with E-state index in [1.807, 2.05) is 0 Å². The number of benzodiazepines with no additional fused rings is 1. The number of carbonyl (C=O) groups is 1. The highest BCUT2D eigenvalue weighted by atomic mass is 35.5. The molecule has 1 aliphatic rings. The Morgan fingerprint density at radius 1 is 1.28 bits per heavy atom. The maximum absolute atomic E-state index is 14.3. The van der Waals surface area contributed by atoms with Gasteiger partial charge in [0.1, 0.15) is 12.4 Å². The molecule has 4 nitrogen and oxygen atoms in total. The second kappa shape index (κ2) is 7.66. The molecule has 1 aliphatic heterocycles. The van der Waals surface area contributed by atoms with E-state index in [0.717, 1.165) is 0 Å². The first kappa shape index (κ1) is 17.4. The van der Waals surface area contributed by atoms with Crippen LogP contribution in [0.5, 0.6) is 0 Å². The SMILES string of the molecule is O=C1CN=C(c2ccccc2F)c2cc(Cl)ccc2N1CCN=C=S. The molecule has 126 valence electrons. The molecular formula is C18H13ClFN3OS. The van der Waals surface area contributed by atoms with Crippen LogP contribution in [0.4, 0.5) is 10.1 Å². The molecule has 25 heavy (non-hydrogen) atoms. The van der Waals surface area contributed by atoms with E-state index in [4.69, 9.17) is 11.6 Å². The van der Waals surface area contributed by atoms with Gasteiger partial charge in [-0.25, -0.2) is 9.38 Å². The largest absolute Gasteiger partial charge is 0.308 e. The molecule has 0 saturated carbocycles. The van der Waals surface area contributed by atoms with Gasteiger partial charge in [0.25, 0.3) is 0 Å². The van der Waals surface area contributed by atoms with Gasteiger partial charge >= 0.3 is 0 Å². The predicted molar refractivity (Wildman–Crippen MR) is 101 cm³/mol. The van der Waals surface area contributed by atoms with E-state index in [-0.39, 0.29) is 12.5 Å². The van der Waals surface area contributed by atoms with Crippen molar-refractivity contribution in [3.63, 3.8) is 0 Å². The Morgan fingerprint density at radius 3 is 2.84 bits per heavy atom. The molecule has 0 N–H and O–H groups in total. The lowest BCUT2D eigenvalue weighted by Gasteiger charge is -2.22. The van der Waals surface area contributed by atoms with Crippen LogP contribution in [-0.2, 0) is 4.79 Å². The topological polar surface area (TPSA) is 45.0 Å². The van der Waals surface area contributed by atoms with Gasteiger partial charge in [0.2, 0.25) is 5.91 Å². The molecule has 0 fully saturated rings. The first-order valence-corrected chi connectivity index (χ1v) is 8.33. The Balaban J connectivity index is 2.14. The zero-order chi connectivity index (χ0) is 17.8. The quantitative estimate of drug-likeness (QED) is 0.605. The van der Waals surface area contributed by atoms with Crippen LogP contribution in [0.2, 0.25) is 5.02 Å². The van der Waals surface area contributed by atoms with Crippen LogP contribution in [0.1, 0.15) is 11.1 Å². The molecule has 0 unspecified atom stereocenters. The number of halogens is 2. The van der Waals surface area contributed by atoms with Crippen molar-refractivity contribution in [1.29, 1.82) is 0 Å². The number of carbonyl (C=O) groups excluding carboxylic acids is 1. The third-order valence-corrected chi connectivity index (χ3v) is 4.17. The summed E-state index contributed by atoms with van der Waals surface area (Å²) in [7, 11) is 0. The van der Waals surface area contributed by atoms with Crippen LogP contribution in [0.3, 0.4) is 0 Å². The van der Waals surface area contributed by atoms with Crippen molar-refractivity contribution >= 4 is 46.3 Å². The highest BCUT2D eigenvalue weighted by Crippen LogP contribution is 2.30. The van der Waals surface area contributed by atoms with E-state index in [9.17, 15) is 9.18 Å². The molecule has 1 amide bonds. The third-order valence-electron chi connectivity index (χ3n) is 3.81. The average Bonchev–Trinajstić information content (AvgIpc) is 2.73. The smallest absolute Gasteiger partial charge is 0.248 e. The summed E-state index contributed by atoms with van der Waals surface area (Å²) in [5.41, 5.74) is 1.96. The summed E-state index contributed by atoms with van der Waals surface area (Å²) in [6, 6.07) is 11.4. The molecule has 3 rings (SSSR count). The van der Waals surface area contributed by atoms with Gasteiger partial charge < -0.3 is 4.90 Å². The molecule has 0 radical (unpaired) electrons. The number of hydrogen-bond acceptors (Lipinski definition) is 4. The minimum atomic E-state index is -0.404. The van der Waals surface area contributed by atoms with Crippen molar-refractivity contribution < 1.29 is 9.18 Å². The van der Waals surface area contributed by atoms with Gasteiger partial charge in [-0.15, -0.1) is 0 Å². The number of nitrogens with zero attached hydrogens (tertiary/aromatic N) is 3. The van der Waals surface area contributed by atoms with Crippen molar-refractivity contribution in [2.45, 2.75) is 0 Å². The second-order valence-electron chi connectivity index (χ2n) is 5.32. The number of anilines is 1. The zero-order valence-electron chi connectivity index (χ0n) is 13.1. The fourth-order valence-electron chi connectivity index (χ4n) is 2.71. The van der Waals surface area contributed by atoms with Gasteiger partial charge in [0.15, 0.2) is 0 Å². The number of isothiocyanates is 1. The van der Waals surface area contributed by atoms with Gasteiger partial charge in [0, 0.05) is 22.7 Å². The number of thiocarbonyl (C=S) groups is 1. The maximum Gasteiger partial charge on any atom is 0.248 e. The Kier molecular flexibility index (Phi) is 5.34. The number of amides is 1. The Bertz CT molecular complexity index is 909. The number of benzene rings is 2. The van der Waals surface area contributed by atoms with E-state index in [1.54, 1.807) is 41.3 Å². The summed E-state index contributed by atoms with van der Waals surface area (Å²) >= 11 is 10.7. The first-order valence-electron chi connectivity index (χ1n) is 7.55. The van der Waals surface area contributed by atoms with Gasteiger partial charge in [-0.1, -0.05) is 23.7 Å². The highest BCUT2D eigenvalue weighted by molar-refractivity contribution is 7.78. The lowest BCUT2D eigenvalue weighted by atomic mass is 9.99. The van der Waals surface area contributed by atoms with Crippen molar-refractivity contribution in [2.75, 3.05) is 24.5 Å². The predicted octanol–water partition coefficient (Wildman–Crippen LogP) is 3.77. The van der Waals surface area contributed by atoms with Crippen molar-refractivity contribution in [1.82, 2.24) is 0 Å². The molecule has 1 heterocycles. The minimum Gasteiger partial charge on any atom is -0.308 e. The summed E-state index contributed by atoms with van der Waals surface area (Å²) in [5.74, 6) is -0.604. The summed E-state index contributed by atoms with van der Waals surface area (Å²) < 4.78 is 14.3. The monoisotopic (exact) mass is 373 g/mol. The average molecular weight is 374 g/mol. The molecule has 0 aliphatic carbocycles. The van der Waals surface area contributed by atoms with E-state index in [2.05, 4.69) is 27.4 Å². The summed E-state index contributed by atoms with van der Waals surface area (Å²) in [5, 5.41) is 2.76.